The van der Waals surface area contributed by atoms with Crippen LogP contribution in [0.15, 0.2) is 0 Å². The number of fused-ring (bicyclic) bond motifs is 2. The predicted octanol–water partition coefficient (Wildman–Crippen LogP) is 1.98. The molecule has 120 valence electrons. The highest BCUT2D eigenvalue weighted by molar-refractivity contribution is 5.77. The second-order valence-corrected chi connectivity index (χ2v) is 7.62. The monoisotopic (exact) mass is 293 g/mol. The highest BCUT2D eigenvalue weighted by Gasteiger charge is 2.39. The number of carbonyl (C=O) groups is 1. The molecule has 0 aromatic rings. The van der Waals surface area contributed by atoms with E-state index in [-0.39, 0.29) is 5.41 Å². The molecule has 3 rings (SSSR count). The van der Waals surface area contributed by atoms with Crippen molar-refractivity contribution in [2.45, 2.75) is 69.9 Å². The fraction of sp³-hybridized carbons (Fsp3) is 0.941. The summed E-state index contributed by atoms with van der Waals surface area (Å²) in [6.07, 6.45) is 10.5. The average molecular weight is 293 g/mol. The van der Waals surface area contributed by atoms with Gasteiger partial charge >= 0.3 is 0 Å². The van der Waals surface area contributed by atoms with E-state index in [1.807, 2.05) is 0 Å². The summed E-state index contributed by atoms with van der Waals surface area (Å²) < 4.78 is 0. The molecule has 2 aliphatic heterocycles. The van der Waals surface area contributed by atoms with Gasteiger partial charge in [0.2, 0.25) is 5.91 Å². The van der Waals surface area contributed by atoms with E-state index in [1.54, 1.807) is 0 Å². The van der Waals surface area contributed by atoms with Gasteiger partial charge in [-0.15, -0.1) is 0 Å². The lowest BCUT2D eigenvalue weighted by Gasteiger charge is -2.37. The zero-order chi connectivity index (χ0) is 14.9. The third-order valence-electron chi connectivity index (χ3n) is 6.37. The minimum absolute atomic E-state index is 0.104. The number of carbonyl (C=O) groups excluding carboxylic acids is 1. The van der Waals surface area contributed by atoms with Gasteiger partial charge in [-0.1, -0.05) is 19.3 Å². The van der Waals surface area contributed by atoms with Gasteiger partial charge in [-0.3, -0.25) is 9.69 Å². The van der Waals surface area contributed by atoms with Crippen molar-refractivity contribution >= 4 is 5.91 Å². The first kappa shape index (κ1) is 15.3. The van der Waals surface area contributed by atoms with Gasteiger partial charge in [-0.2, -0.15) is 0 Å². The van der Waals surface area contributed by atoms with Crippen molar-refractivity contribution in [1.29, 1.82) is 0 Å². The molecule has 2 heterocycles. The lowest BCUT2D eigenvalue weighted by Crippen LogP contribution is -2.43. The van der Waals surface area contributed by atoms with Gasteiger partial charge in [0.1, 0.15) is 0 Å². The molecule has 0 aromatic carbocycles. The summed E-state index contributed by atoms with van der Waals surface area (Å²) in [5.41, 5.74) is 6.15. The van der Waals surface area contributed by atoms with E-state index in [9.17, 15) is 4.79 Å². The van der Waals surface area contributed by atoms with Crippen molar-refractivity contribution < 1.29 is 4.79 Å². The van der Waals surface area contributed by atoms with Gasteiger partial charge in [0.25, 0.3) is 0 Å². The Balaban J connectivity index is 1.62. The van der Waals surface area contributed by atoms with Crippen LogP contribution in [0.5, 0.6) is 0 Å². The van der Waals surface area contributed by atoms with Crippen molar-refractivity contribution in [2.24, 2.45) is 11.1 Å². The topological polar surface area (TPSA) is 49.6 Å². The van der Waals surface area contributed by atoms with Crippen molar-refractivity contribution in [1.82, 2.24) is 9.80 Å². The normalized spacial score (nSPS) is 33.0. The van der Waals surface area contributed by atoms with Gasteiger partial charge in [0.15, 0.2) is 0 Å². The number of rotatable bonds is 3. The number of hydrogen-bond acceptors (Lipinski definition) is 3. The SMILES string of the molecule is CN1C2CCC1CN(C(=O)CC1(CN)CCCCC1)CC2. The molecule has 3 fully saturated rings. The lowest BCUT2D eigenvalue weighted by molar-refractivity contribution is -0.134. The summed E-state index contributed by atoms with van der Waals surface area (Å²) in [5.74, 6) is 0.364. The first-order valence-corrected chi connectivity index (χ1v) is 8.83. The number of hydrogen-bond donors (Lipinski definition) is 1. The van der Waals surface area contributed by atoms with Gasteiger partial charge in [0.05, 0.1) is 0 Å². The number of likely N-dealkylation sites (N-methyl/N-ethyl adjacent to an activating group) is 1. The van der Waals surface area contributed by atoms with E-state index in [2.05, 4.69) is 16.8 Å². The van der Waals surface area contributed by atoms with Gasteiger partial charge in [0, 0.05) is 31.6 Å². The molecule has 2 atom stereocenters. The van der Waals surface area contributed by atoms with Crippen LogP contribution in [0, 0.1) is 5.41 Å². The quantitative estimate of drug-likeness (QED) is 0.865. The van der Waals surface area contributed by atoms with Crippen LogP contribution in [0.1, 0.15) is 57.8 Å². The van der Waals surface area contributed by atoms with E-state index < -0.39 is 0 Å². The molecule has 4 nitrogen and oxygen atoms in total. The summed E-state index contributed by atoms with van der Waals surface area (Å²) in [6, 6.07) is 1.28. The summed E-state index contributed by atoms with van der Waals surface area (Å²) in [7, 11) is 2.23. The number of nitrogens with two attached hydrogens (primary N) is 1. The molecule has 2 unspecified atom stereocenters. The third-order valence-corrected chi connectivity index (χ3v) is 6.37. The Morgan fingerprint density at radius 3 is 2.57 bits per heavy atom. The molecule has 2 N–H and O–H groups in total. The molecule has 4 heteroatoms. The van der Waals surface area contributed by atoms with E-state index in [1.165, 1.54) is 32.1 Å². The fourth-order valence-corrected chi connectivity index (χ4v) is 4.72. The molecule has 2 bridgehead atoms. The van der Waals surface area contributed by atoms with Crippen molar-refractivity contribution in [3.05, 3.63) is 0 Å². The van der Waals surface area contributed by atoms with Crippen LogP contribution < -0.4 is 5.73 Å². The Labute approximate surface area is 129 Å². The maximum absolute atomic E-state index is 12.8. The number of amides is 1. The number of likely N-dealkylation sites (tertiary alicyclic amines) is 1. The Hall–Kier alpha value is -0.610. The predicted molar refractivity (Wildman–Crippen MR) is 85.0 cm³/mol. The molecule has 1 saturated carbocycles. The standard InChI is InChI=1S/C17H31N3O/c1-19-14-5-6-15(19)12-20(10-7-14)16(21)11-17(13-18)8-3-2-4-9-17/h14-15H,2-13,18H2,1H3. The second kappa shape index (κ2) is 6.25. The van der Waals surface area contributed by atoms with Gasteiger partial charge in [-0.05, 0) is 51.1 Å². The Morgan fingerprint density at radius 1 is 1.14 bits per heavy atom. The molecular weight excluding hydrogens is 262 g/mol. The van der Waals surface area contributed by atoms with Crippen molar-refractivity contribution in [3.8, 4) is 0 Å². The van der Waals surface area contributed by atoms with Crippen LogP contribution >= 0.6 is 0 Å². The molecule has 2 saturated heterocycles. The van der Waals surface area contributed by atoms with Crippen LogP contribution in [0.3, 0.4) is 0 Å². The summed E-state index contributed by atoms with van der Waals surface area (Å²) in [6.45, 7) is 2.57. The number of nitrogens with zero attached hydrogens (tertiary/aromatic N) is 2. The molecule has 0 radical (unpaired) electrons. The maximum Gasteiger partial charge on any atom is 0.223 e. The first-order chi connectivity index (χ1) is 10.1. The van der Waals surface area contributed by atoms with Gasteiger partial charge < -0.3 is 10.6 Å². The molecule has 3 aliphatic rings. The Kier molecular flexibility index (Phi) is 4.55. The van der Waals surface area contributed by atoms with Crippen molar-refractivity contribution in [2.75, 3.05) is 26.7 Å². The van der Waals surface area contributed by atoms with Gasteiger partial charge in [-0.25, -0.2) is 0 Å². The largest absolute Gasteiger partial charge is 0.341 e. The summed E-state index contributed by atoms with van der Waals surface area (Å²) in [5, 5.41) is 0. The van der Waals surface area contributed by atoms with Crippen molar-refractivity contribution in [3.63, 3.8) is 0 Å². The van der Waals surface area contributed by atoms with E-state index in [0.29, 0.717) is 31.0 Å². The zero-order valence-electron chi connectivity index (χ0n) is 13.5. The molecule has 0 spiro atoms. The van der Waals surface area contributed by atoms with E-state index >= 15 is 0 Å². The highest BCUT2D eigenvalue weighted by Crippen LogP contribution is 2.39. The fourth-order valence-electron chi connectivity index (χ4n) is 4.72. The van der Waals surface area contributed by atoms with Crippen LogP contribution in [-0.4, -0.2) is 54.5 Å². The van der Waals surface area contributed by atoms with E-state index in [4.69, 9.17) is 5.73 Å². The van der Waals surface area contributed by atoms with Crippen LogP contribution in [0.2, 0.25) is 0 Å². The second-order valence-electron chi connectivity index (χ2n) is 7.62. The molecular formula is C17H31N3O. The summed E-state index contributed by atoms with van der Waals surface area (Å²) in [4.78, 5) is 17.5. The molecule has 21 heavy (non-hydrogen) atoms. The maximum atomic E-state index is 12.8. The molecule has 1 amide bonds. The lowest BCUT2D eigenvalue weighted by atomic mass is 9.71. The van der Waals surface area contributed by atoms with Crippen LogP contribution in [-0.2, 0) is 4.79 Å². The highest BCUT2D eigenvalue weighted by atomic mass is 16.2. The van der Waals surface area contributed by atoms with Crippen LogP contribution in [0.25, 0.3) is 0 Å². The average Bonchev–Trinajstić information content (AvgIpc) is 2.73. The Bertz CT molecular complexity index is 378. The minimum atomic E-state index is 0.104. The smallest absolute Gasteiger partial charge is 0.223 e. The zero-order valence-corrected chi connectivity index (χ0v) is 13.5. The minimum Gasteiger partial charge on any atom is -0.341 e. The van der Waals surface area contributed by atoms with Crippen LogP contribution in [0.4, 0.5) is 0 Å². The first-order valence-electron chi connectivity index (χ1n) is 8.83. The Morgan fingerprint density at radius 2 is 1.86 bits per heavy atom. The third kappa shape index (κ3) is 3.11. The molecule has 1 aliphatic carbocycles. The molecule has 0 aromatic heterocycles. The van der Waals surface area contributed by atoms with E-state index in [0.717, 1.165) is 32.4 Å². The summed E-state index contributed by atoms with van der Waals surface area (Å²) >= 11 is 0.